The molecule has 0 amide bonds. The molecule has 21 heavy (non-hydrogen) atoms. The summed E-state index contributed by atoms with van der Waals surface area (Å²) in [6.45, 7) is 4.85. The highest BCUT2D eigenvalue weighted by Gasteiger charge is 2.14. The van der Waals surface area contributed by atoms with Crippen molar-refractivity contribution >= 4 is 11.3 Å². The van der Waals surface area contributed by atoms with Gasteiger partial charge in [-0.2, -0.15) is 0 Å². The first-order valence-electron chi connectivity index (χ1n) is 7.36. The smallest absolute Gasteiger partial charge is 0.127 e. The van der Waals surface area contributed by atoms with E-state index in [0.29, 0.717) is 0 Å². The molecule has 2 aromatic rings. The van der Waals surface area contributed by atoms with Gasteiger partial charge >= 0.3 is 0 Å². The maximum atomic E-state index is 13.8. The lowest BCUT2D eigenvalue weighted by atomic mass is 10.1. The number of benzene rings is 1. The highest BCUT2D eigenvalue weighted by Crippen LogP contribution is 2.20. The number of nitrogens with one attached hydrogen (secondary N) is 1. The van der Waals surface area contributed by atoms with Crippen molar-refractivity contribution in [1.82, 2.24) is 10.2 Å². The lowest BCUT2D eigenvalue weighted by molar-refractivity contribution is 0.256. The molecule has 1 atom stereocenters. The summed E-state index contributed by atoms with van der Waals surface area (Å²) in [6.07, 6.45) is 1.07. The van der Waals surface area contributed by atoms with Crippen LogP contribution in [0.3, 0.4) is 0 Å². The highest BCUT2D eigenvalue weighted by atomic mass is 32.1. The second-order valence-electron chi connectivity index (χ2n) is 5.26. The Morgan fingerprint density at radius 1 is 1.19 bits per heavy atom. The van der Waals surface area contributed by atoms with Crippen LogP contribution in [-0.2, 0) is 6.42 Å². The van der Waals surface area contributed by atoms with Gasteiger partial charge in [0.25, 0.3) is 0 Å². The summed E-state index contributed by atoms with van der Waals surface area (Å²) in [5.74, 6) is -0.123. The van der Waals surface area contributed by atoms with Crippen LogP contribution in [0.2, 0.25) is 0 Å². The Morgan fingerprint density at radius 3 is 2.71 bits per heavy atom. The molecular weight excluding hydrogens is 283 g/mol. The number of hydrogen-bond acceptors (Lipinski definition) is 3. The third-order valence-corrected chi connectivity index (χ3v) is 4.72. The van der Waals surface area contributed by atoms with E-state index in [1.807, 2.05) is 26.1 Å². The third-order valence-electron chi connectivity index (χ3n) is 3.79. The summed E-state index contributed by atoms with van der Waals surface area (Å²) in [5, 5.41) is 5.56. The van der Waals surface area contributed by atoms with E-state index in [9.17, 15) is 4.39 Å². The van der Waals surface area contributed by atoms with Gasteiger partial charge in [-0.3, -0.25) is 4.90 Å². The summed E-state index contributed by atoms with van der Waals surface area (Å²) in [6, 6.07) is 11.4. The van der Waals surface area contributed by atoms with Crippen LogP contribution in [0.1, 0.15) is 23.4 Å². The molecule has 0 aliphatic rings. The Labute approximate surface area is 130 Å². The Bertz CT molecular complexity index is 527. The highest BCUT2D eigenvalue weighted by molar-refractivity contribution is 7.09. The first-order valence-corrected chi connectivity index (χ1v) is 8.24. The minimum atomic E-state index is -0.123. The van der Waals surface area contributed by atoms with Crippen molar-refractivity contribution in [2.45, 2.75) is 19.4 Å². The fourth-order valence-electron chi connectivity index (χ4n) is 2.29. The lowest BCUT2D eigenvalue weighted by Crippen LogP contribution is -2.32. The minimum absolute atomic E-state index is 0.0882. The normalized spacial score (nSPS) is 12.8. The third kappa shape index (κ3) is 4.92. The fourth-order valence-corrected chi connectivity index (χ4v) is 3.00. The number of likely N-dealkylation sites (N-methyl/N-ethyl adjacent to an activating group) is 1. The van der Waals surface area contributed by atoms with E-state index >= 15 is 0 Å². The van der Waals surface area contributed by atoms with E-state index in [1.54, 1.807) is 17.4 Å². The molecule has 114 valence electrons. The van der Waals surface area contributed by atoms with Crippen LogP contribution in [0.15, 0.2) is 41.8 Å². The number of nitrogens with zero attached hydrogens (tertiary/aromatic N) is 1. The van der Waals surface area contributed by atoms with Gasteiger partial charge in [-0.15, -0.1) is 11.3 Å². The van der Waals surface area contributed by atoms with Crippen molar-refractivity contribution in [3.05, 3.63) is 58.0 Å². The second kappa shape index (κ2) is 8.27. The SMILES string of the molecule is CC(c1ccccc1F)N(C)CCNCCc1cccs1. The first kappa shape index (κ1) is 16.1. The van der Waals surface area contributed by atoms with Gasteiger partial charge in [0.2, 0.25) is 0 Å². The van der Waals surface area contributed by atoms with Crippen LogP contribution < -0.4 is 5.32 Å². The van der Waals surface area contributed by atoms with Gasteiger partial charge in [0.15, 0.2) is 0 Å². The van der Waals surface area contributed by atoms with Crippen LogP contribution in [0.25, 0.3) is 0 Å². The van der Waals surface area contributed by atoms with E-state index in [0.717, 1.165) is 31.6 Å². The molecule has 0 bridgehead atoms. The molecule has 2 rings (SSSR count). The maximum absolute atomic E-state index is 13.8. The second-order valence-corrected chi connectivity index (χ2v) is 6.29. The minimum Gasteiger partial charge on any atom is -0.315 e. The molecule has 4 heteroatoms. The predicted octanol–water partition coefficient (Wildman–Crippen LogP) is 3.71. The van der Waals surface area contributed by atoms with Gasteiger partial charge in [-0.25, -0.2) is 4.39 Å². The summed E-state index contributed by atoms with van der Waals surface area (Å²) >= 11 is 1.80. The van der Waals surface area contributed by atoms with Crippen LogP contribution in [-0.4, -0.2) is 31.6 Å². The van der Waals surface area contributed by atoms with Crippen molar-refractivity contribution in [3.63, 3.8) is 0 Å². The summed E-state index contributed by atoms with van der Waals surface area (Å²) < 4.78 is 13.8. The number of hydrogen-bond donors (Lipinski definition) is 1. The van der Waals surface area contributed by atoms with Crippen molar-refractivity contribution in [3.8, 4) is 0 Å². The molecule has 0 aliphatic carbocycles. The zero-order valence-electron chi connectivity index (χ0n) is 12.7. The fraction of sp³-hybridized carbons (Fsp3) is 0.412. The molecular formula is C17H23FN2S. The molecule has 2 nitrogen and oxygen atoms in total. The number of thiophene rings is 1. The molecule has 1 heterocycles. The van der Waals surface area contributed by atoms with E-state index in [1.165, 1.54) is 10.9 Å². The van der Waals surface area contributed by atoms with E-state index in [2.05, 4.69) is 27.7 Å². The summed E-state index contributed by atoms with van der Waals surface area (Å²) in [7, 11) is 2.04. The van der Waals surface area contributed by atoms with Crippen LogP contribution in [0.4, 0.5) is 4.39 Å². The van der Waals surface area contributed by atoms with Gasteiger partial charge < -0.3 is 5.32 Å². The van der Waals surface area contributed by atoms with Crippen LogP contribution in [0, 0.1) is 5.82 Å². The van der Waals surface area contributed by atoms with Crippen molar-refractivity contribution in [2.75, 3.05) is 26.7 Å². The topological polar surface area (TPSA) is 15.3 Å². The first-order chi connectivity index (χ1) is 10.2. The molecule has 1 N–H and O–H groups in total. The zero-order valence-corrected chi connectivity index (χ0v) is 13.5. The Morgan fingerprint density at radius 2 is 2.00 bits per heavy atom. The molecule has 1 aromatic carbocycles. The molecule has 1 unspecified atom stereocenters. The zero-order chi connectivity index (χ0) is 15.1. The standard InChI is InChI=1S/C17H23FN2S/c1-14(16-7-3-4-8-17(16)18)20(2)12-11-19-10-9-15-6-5-13-21-15/h3-8,13-14,19H,9-12H2,1-2H3. The number of rotatable bonds is 8. The van der Waals surface area contributed by atoms with Gasteiger partial charge in [-0.05, 0) is 37.9 Å². The van der Waals surface area contributed by atoms with Gasteiger partial charge in [0.1, 0.15) is 5.82 Å². The van der Waals surface area contributed by atoms with Gasteiger partial charge in [0.05, 0.1) is 0 Å². The molecule has 0 saturated heterocycles. The summed E-state index contributed by atoms with van der Waals surface area (Å²) in [4.78, 5) is 3.59. The molecule has 1 aromatic heterocycles. The molecule has 0 saturated carbocycles. The maximum Gasteiger partial charge on any atom is 0.127 e. The largest absolute Gasteiger partial charge is 0.315 e. The Kier molecular flexibility index (Phi) is 6.36. The van der Waals surface area contributed by atoms with Crippen LogP contribution >= 0.6 is 11.3 Å². The lowest BCUT2D eigenvalue weighted by Gasteiger charge is -2.25. The van der Waals surface area contributed by atoms with E-state index < -0.39 is 0 Å². The molecule has 0 spiro atoms. The molecule has 0 radical (unpaired) electrons. The molecule has 0 fully saturated rings. The number of halogens is 1. The van der Waals surface area contributed by atoms with Crippen molar-refractivity contribution < 1.29 is 4.39 Å². The van der Waals surface area contributed by atoms with E-state index in [4.69, 9.17) is 0 Å². The average molecular weight is 306 g/mol. The van der Waals surface area contributed by atoms with Crippen molar-refractivity contribution in [1.29, 1.82) is 0 Å². The predicted molar refractivity (Wildman–Crippen MR) is 88.3 cm³/mol. The average Bonchev–Trinajstić information content (AvgIpc) is 3.00. The Balaban J connectivity index is 1.69. The summed E-state index contributed by atoms with van der Waals surface area (Å²) in [5.41, 5.74) is 0.763. The van der Waals surface area contributed by atoms with Gasteiger partial charge in [0, 0.05) is 36.1 Å². The quantitative estimate of drug-likeness (QED) is 0.748. The van der Waals surface area contributed by atoms with Crippen molar-refractivity contribution in [2.24, 2.45) is 0 Å². The van der Waals surface area contributed by atoms with Crippen LogP contribution in [0.5, 0.6) is 0 Å². The van der Waals surface area contributed by atoms with E-state index in [-0.39, 0.29) is 11.9 Å². The Hall–Kier alpha value is -1.23. The van der Waals surface area contributed by atoms with Gasteiger partial charge in [-0.1, -0.05) is 24.3 Å². The monoisotopic (exact) mass is 306 g/mol. The molecule has 0 aliphatic heterocycles.